The Labute approximate surface area is 82.5 Å². The maximum Gasteiger partial charge on any atom is 0.0712 e. The molecule has 14 heavy (non-hydrogen) atoms. The first kappa shape index (κ1) is 8.00. The number of nitrogens with zero attached hydrogens (tertiary/aromatic N) is 2. The van der Waals surface area contributed by atoms with Crippen molar-refractivity contribution in [1.82, 2.24) is 9.61 Å². The molecule has 2 aromatic heterocycles. The van der Waals surface area contributed by atoms with Crippen LogP contribution in [0.15, 0.2) is 24.5 Å². The van der Waals surface area contributed by atoms with Gasteiger partial charge < -0.3 is 5.73 Å². The number of rotatable bonds is 1. The fraction of sp³-hybridized carbons (Fsp3) is 0.364. The van der Waals surface area contributed by atoms with Crippen LogP contribution in [0.4, 0.5) is 0 Å². The lowest BCUT2D eigenvalue weighted by atomic mass is 10.1. The van der Waals surface area contributed by atoms with Gasteiger partial charge in [0.15, 0.2) is 0 Å². The van der Waals surface area contributed by atoms with Crippen molar-refractivity contribution < 1.29 is 0 Å². The van der Waals surface area contributed by atoms with Crippen molar-refractivity contribution in [3.05, 3.63) is 35.7 Å². The summed E-state index contributed by atoms with van der Waals surface area (Å²) in [6, 6.07) is 4.21. The molecule has 0 atom stereocenters. The summed E-state index contributed by atoms with van der Waals surface area (Å²) in [5.41, 5.74) is 9.63. The standard InChI is InChI=1S/C11H13N3/c1-8-2-3-10-9(11(12)4-5-11)6-13-14(10)7-8/h2-3,6-7H,4-5,12H2,1H3. The molecule has 0 bridgehead atoms. The van der Waals surface area contributed by atoms with Gasteiger partial charge in [-0.3, -0.25) is 0 Å². The van der Waals surface area contributed by atoms with Crippen molar-refractivity contribution in [2.24, 2.45) is 5.73 Å². The van der Waals surface area contributed by atoms with Crippen LogP contribution in [-0.4, -0.2) is 9.61 Å². The summed E-state index contributed by atoms with van der Waals surface area (Å²) in [5, 5.41) is 4.32. The van der Waals surface area contributed by atoms with Gasteiger partial charge in [-0.05, 0) is 31.4 Å². The van der Waals surface area contributed by atoms with Crippen LogP contribution in [0.2, 0.25) is 0 Å². The normalized spacial score (nSPS) is 18.7. The second-order valence-electron chi connectivity index (χ2n) is 4.25. The minimum absolute atomic E-state index is 0.0863. The highest BCUT2D eigenvalue weighted by Gasteiger charge is 2.42. The summed E-state index contributed by atoms with van der Waals surface area (Å²) >= 11 is 0. The Morgan fingerprint density at radius 2 is 2.21 bits per heavy atom. The van der Waals surface area contributed by atoms with Crippen molar-refractivity contribution in [2.45, 2.75) is 25.3 Å². The summed E-state index contributed by atoms with van der Waals surface area (Å²) in [4.78, 5) is 0. The highest BCUT2D eigenvalue weighted by atomic mass is 15.2. The van der Waals surface area contributed by atoms with Crippen molar-refractivity contribution in [3.63, 3.8) is 0 Å². The topological polar surface area (TPSA) is 43.3 Å². The molecular formula is C11H13N3. The van der Waals surface area contributed by atoms with Gasteiger partial charge in [0.1, 0.15) is 0 Å². The second-order valence-corrected chi connectivity index (χ2v) is 4.25. The largest absolute Gasteiger partial charge is 0.321 e. The van der Waals surface area contributed by atoms with E-state index in [9.17, 15) is 0 Å². The van der Waals surface area contributed by atoms with Gasteiger partial charge in [0.2, 0.25) is 0 Å². The molecule has 72 valence electrons. The Bertz CT molecular complexity index is 494. The lowest BCUT2D eigenvalue weighted by molar-refractivity contribution is 0.747. The van der Waals surface area contributed by atoms with E-state index in [-0.39, 0.29) is 5.54 Å². The van der Waals surface area contributed by atoms with E-state index in [0.29, 0.717) is 0 Å². The summed E-state index contributed by atoms with van der Waals surface area (Å²) < 4.78 is 1.91. The smallest absolute Gasteiger partial charge is 0.0712 e. The highest BCUT2D eigenvalue weighted by molar-refractivity contribution is 5.58. The summed E-state index contributed by atoms with van der Waals surface area (Å²) in [7, 11) is 0. The van der Waals surface area contributed by atoms with Crippen LogP contribution in [0.1, 0.15) is 24.0 Å². The number of nitrogens with two attached hydrogens (primary N) is 1. The maximum absolute atomic E-state index is 6.16. The molecule has 0 spiro atoms. The lowest BCUT2D eigenvalue weighted by Gasteiger charge is -2.05. The zero-order valence-electron chi connectivity index (χ0n) is 8.20. The molecule has 2 heterocycles. The third-order valence-electron chi connectivity index (χ3n) is 2.99. The molecule has 0 radical (unpaired) electrons. The Hall–Kier alpha value is -1.35. The predicted octanol–water partition coefficient (Wildman–Crippen LogP) is 1.59. The number of hydrogen-bond acceptors (Lipinski definition) is 2. The average Bonchev–Trinajstić information content (AvgIpc) is 2.77. The molecule has 1 aliphatic carbocycles. The van der Waals surface area contributed by atoms with Crippen LogP contribution < -0.4 is 5.73 Å². The van der Waals surface area contributed by atoms with Gasteiger partial charge in [0.05, 0.1) is 11.7 Å². The second kappa shape index (κ2) is 2.36. The van der Waals surface area contributed by atoms with Gasteiger partial charge in [0, 0.05) is 17.3 Å². The Balaban J connectivity index is 2.27. The minimum atomic E-state index is -0.0863. The van der Waals surface area contributed by atoms with Gasteiger partial charge in [-0.2, -0.15) is 5.10 Å². The predicted molar refractivity (Wildman–Crippen MR) is 55.0 cm³/mol. The van der Waals surface area contributed by atoms with E-state index < -0.39 is 0 Å². The van der Waals surface area contributed by atoms with Gasteiger partial charge in [-0.1, -0.05) is 6.07 Å². The van der Waals surface area contributed by atoms with E-state index in [1.54, 1.807) is 0 Å². The monoisotopic (exact) mass is 187 g/mol. The van der Waals surface area contributed by atoms with E-state index in [4.69, 9.17) is 5.73 Å². The minimum Gasteiger partial charge on any atom is -0.321 e. The quantitative estimate of drug-likeness (QED) is 0.736. The molecule has 0 aromatic carbocycles. The van der Waals surface area contributed by atoms with Crippen LogP contribution in [0, 0.1) is 6.92 Å². The number of aromatic nitrogens is 2. The molecule has 0 aliphatic heterocycles. The van der Waals surface area contributed by atoms with E-state index in [2.05, 4.69) is 24.2 Å². The molecule has 1 aliphatic rings. The molecule has 3 nitrogen and oxygen atoms in total. The first-order valence-electron chi connectivity index (χ1n) is 4.92. The number of hydrogen-bond donors (Lipinski definition) is 1. The SMILES string of the molecule is Cc1ccc2c(C3(N)CC3)cnn2c1. The van der Waals surface area contributed by atoms with Crippen LogP contribution in [-0.2, 0) is 5.54 Å². The molecule has 3 heteroatoms. The average molecular weight is 187 g/mol. The van der Waals surface area contributed by atoms with Crippen molar-refractivity contribution in [1.29, 1.82) is 0 Å². The third kappa shape index (κ3) is 0.990. The lowest BCUT2D eigenvalue weighted by Crippen LogP contribution is -2.18. The fourth-order valence-electron chi connectivity index (χ4n) is 1.87. The molecular weight excluding hydrogens is 174 g/mol. The Morgan fingerprint density at radius 3 is 2.93 bits per heavy atom. The zero-order valence-corrected chi connectivity index (χ0v) is 8.20. The first-order valence-corrected chi connectivity index (χ1v) is 4.92. The molecule has 1 fully saturated rings. The summed E-state index contributed by atoms with van der Waals surface area (Å²) in [6.45, 7) is 2.07. The molecule has 0 amide bonds. The first-order chi connectivity index (χ1) is 6.69. The third-order valence-corrected chi connectivity index (χ3v) is 2.99. The molecule has 0 unspecified atom stereocenters. The van der Waals surface area contributed by atoms with Crippen LogP contribution in [0.3, 0.4) is 0 Å². The molecule has 2 N–H and O–H groups in total. The van der Waals surface area contributed by atoms with Crippen molar-refractivity contribution in [2.75, 3.05) is 0 Å². The fourth-order valence-corrected chi connectivity index (χ4v) is 1.87. The van der Waals surface area contributed by atoms with E-state index >= 15 is 0 Å². The van der Waals surface area contributed by atoms with Crippen molar-refractivity contribution in [3.8, 4) is 0 Å². The molecule has 2 aromatic rings. The van der Waals surface area contributed by atoms with Gasteiger partial charge in [0.25, 0.3) is 0 Å². The number of aryl methyl sites for hydroxylation is 1. The Morgan fingerprint density at radius 1 is 1.43 bits per heavy atom. The van der Waals surface area contributed by atoms with Gasteiger partial charge >= 0.3 is 0 Å². The Kier molecular flexibility index (Phi) is 1.35. The zero-order chi connectivity index (χ0) is 9.76. The van der Waals surface area contributed by atoms with Crippen LogP contribution in [0.5, 0.6) is 0 Å². The number of pyridine rings is 1. The van der Waals surface area contributed by atoms with Crippen molar-refractivity contribution >= 4 is 5.52 Å². The molecule has 0 saturated heterocycles. The maximum atomic E-state index is 6.16. The summed E-state index contributed by atoms with van der Waals surface area (Å²) in [6.07, 6.45) is 6.11. The van der Waals surface area contributed by atoms with E-state index in [0.717, 1.165) is 18.4 Å². The molecule has 3 rings (SSSR count). The number of fused-ring (bicyclic) bond motifs is 1. The van der Waals surface area contributed by atoms with E-state index in [1.807, 2.05) is 16.9 Å². The highest BCUT2D eigenvalue weighted by Crippen LogP contribution is 2.44. The molecule has 1 saturated carbocycles. The van der Waals surface area contributed by atoms with Crippen LogP contribution >= 0.6 is 0 Å². The summed E-state index contributed by atoms with van der Waals surface area (Å²) in [5.74, 6) is 0. The van der Waals surface area contributed by atoms with Gasteiger partial charge in [-0.15, -0.1) is 0 Å². The van der Waals surface area contributed by atoms with E-state index in [1.165, 1.54) is 11.1 Å². The van der Waals surface area contributed by atoms with Crippen LogP contribution in [0.25, 0.3) is 5.52 Å². The van der Waals surface area contributed by atoms with Gasteiger partial charge in [-0.25, -0.2) is 4.52 Å².